The molecule has 1 N–H and O–H groups in total. The summed E-state index contributed by atoms with van der Waals surface area (Å²) in [5, 5.41) is 17.8. The summed E-state index contributed by atoms with van der Waals surface area (Å²) in [6, 6.07) is 8.75. The second-order valence-corrected chi connectivity index (χ2v) is 6.64. The van der Waals surface area contributed by atoms with Gasteiger partial charge >= 0.3 is 5.97 Å². The Morgan fingerprint density at radius 2 is 2.12 bits per heavy atom. The number of carbonyl (C=O) groups is 2. The van der Waals surface area contributed by atoms with Crippen LogP contribution in [0.4, 0.5) is 5.69 Å². The van der Waals surface area contributed by atoms with Crippen molar-refractivity contribution in [2.75, 3.05) is 5.32 Å². The van der Waals surface area contributed by atoms with Crippen LogP contribution in [0, 0.1) is 0 Å². The molecule has 4 rings (SSSR count). The maximum Gasteiger partial charge on any atom is 0.340 e. The van der Waals surface area contributed by atoms with Crippen LogP contribution in [0.3, 0.4) is 0 Å². The predicted molar refractivity (Wildman–Crippen MR) is 93.9 cm³/mol. The number of ether oxygens (including phenoxy) is 1. The molecule has 3 aromatic rings. The Morgan fingerprint density at radius 1 is 1.27 bits per heavy atom. The van der Waals surface area contributed by atoms with Crippen LogP contribution in [0.1, 0.15) is 45.4 Å². The fourth-order valence-electron chi connectivity index (χ4n) is 2.48. The monoisotopic (exact) mass is 369 g/mol. The molecule has 0 atom stereocenters. The average Bonchev–Trinajstić information content (AvgIpc) is 3.16. The zero-order chi connectivity index (χ0) is 17.9. The molecule has 2 heterocycles. The van der Waals surface area contributed by atoms with Crippen LogP contribution in [-0.2, 0) is 11.3 Å². The summed E-state index contributed by atoms with van der Waals surface area (Å²) in [4.78, 5) is 24.7. The first-order chi connectivity index (χ1) is 12.7. The van der Waals surface area contributed by atoms with Gasteiger partial charge in [0.1, 0.15) is 0 Å². The minimum Gasteiger partial charge on any atom is -0.454 e. The third-order valence-corrected chi connectivity index (χ3v) is 4.65. The Hall–Kier alpha value is -3.07. The number of amides is 1. The number of para-hydroxylation sites is 1. The first-order valence-corrected chi connectivity index (χ1v) is 9.03. The molecule has 8 nitrogen and oxygen atoms in total. The molecule has 0 saturated heterocycles. The van der Waals surface area contributed by atoms with Gasteiger partial charge in [-0.25, -0.2) is 9.48 Å². The number of carbonyl (C=O) groups excluding carboxylic acids is 2. The number of anilines is 1. The van der Waals surface area contributed by atoms with Crippen molar-refractivity contribution in [1.29, 1.82) is 0 Å². The van der Waals surface area contributed by atoms with Gasteiger partial charge in [0.05, 0.1) is 22.9 Å². The van der Waals surface area contributed by atoms with Crippen molar-refractivity contribution in [2.45, 2.75) is 25.5 Å². The van der Waals surface area contributed by atoms with E-state index < -0.39 is 5.97 Å². The second kappa shape index (κ2) is 7.04. The van der Waals surface area contributed by atoms with Crippen LogP contribution in [0.25, 0.3) is 0 Å². The molecule has 9 heteroatoms. The molecule has 2 aromatic heterocycles. The van der Waals surface area contributed by atoms with Gasteiger partial charge in [-0.2, -0.15) is 11.3 Å². The number of aromatic nitrogens is 4. The van der Waals surface area contributed by atoms with E-state index in [4.69, 9.17) is 4.74 Å². The molecule has 26 heavy (non-hydrogen) atoms. The number of nitrogens with zero attached hydrogens (tertiary/aromatic N) is 4. The predicted octanol–water partition coefficient (Wildman–Crippen LogP) is 2.68. The number of thiophene rings is 1. The van der Waals surface area contributed by atoms with Crippen LogP contribution in [0.15, 0.2) is 41.1 Å². The summed E-state index contributed by atoms with van der Waals surface area (Å²) in [6.07, 6.45) is 2.06. The summed E-state index contributed by atoms with van der Waals surface area (Å²) in [6.45, 7) is -0.0187. The molecule has 0 unspecified atom stereocenters. The number of tetrazole rings is 1. The topological polar surface area (TPSA) is 99.0 Å². The van der Waals surface area contributed by atoms with Crippen molar-refractivity contribution < 1.29 is 14.3 Å². The highest BCUT2D eigenvalue weighted by molar-refractivity contribution is 7.08. The zero-order valence-electron chi connectivity index (χ0n) is 13.7. The van der Waals surface area contributed by atoms with Gasteiger partial charge in [0.25, 0.3) is 5.91 Å². The summed E-state index contributed by atoms with van der Waals surface area (Å²) in [5.74, 6) is -0.304. The molecule has 132 valence electrons. The summed E-state index contributed by atoms with van der Waals surface area (Å²) >= 11 is 1.43. The maximum atomic E-state index is 12.5. The van der Waals surface area contributed by atoms with Crippen molar-refractivity contribution in [1.82, 2.24) is 20.2 Å². The maximum absolute atomic E-state index is 12.5. The van der Waals surface area contributed by atoms with Gasteiger partial charge in [-0.15, -0.1) is 5.10 Å². The van der Waals surface area contributed by atoms with Gasteiger partial charge in [0.2, 0.25) is 0 Å². The van der Waals surface area contributed by atoms with Crippen molar-refractivity contribution >= 4 is 28.9 Å². The van der Waals surface area contributed by atoms with Gasteiger partial charge in [0, 0.05) is 5.38 Å². The van der Waals surface area contributed by atoms with Crippen molar-refractivity contribution in [3.63, 3.8) is 0 Å². The summed E-state index contributed by atoms with van der Waals surface area (Å²) < 4.78 is 7.04. The van der Waals surface area contributed by atoms with Crippen LogP contribution in [-0.4, -0.2) is 32.1 Å². The van der Waals surface area contributed by atoms with Gasteiger partial charge in [-0.1, -0.05) is 12.1 Å². The normalized spacial score (nSPS) is 13.4. The Kier molecular flexibility index (Phi) is 4.44. The molecule has 0 radical (unpaired) electrons. The molecular formula is C17H15N5O3S. The highest BCUT2D eigenvalue weighted by Crippen LogP contribution is 2.34. The first kappa shape index (κ1) is 16.4. The van der Waals surface area contributed by atoms with Crippen LogP contribution in [0.5, 0.6) is 0 Å². The molecule has 1 fully saturated rings. The minimum atomic E-state index is -0.545. The Labute approximate surface area is 152 Å². The van der Waals surface area contributed by atoms with E-state index in [1.54, 1.807) is 40.4 Å². The zero-order valence-corrected chi connectivity index (χ0v) is 14.5. The Bertz CT molecular complexity index is 934. The van der Waals surface area contributed by atoms with Gasteiger partial charge in [-0.3, -0.25) is 4.79 Å². The average molecular weight is 369 g/mol. The van der Waals surface area contributed by atoms with Crippen molar-refractivity contribution in [3.05, 3.63) is 58.0 Å². The van der Waals surface area contributed by atoms with Crippen LogP contribution < -0.4 is 5.32 Å². The first-order valence-electron chi connectivity index (χ1n) is 8.09. The van der Waals surface area contributed by atoms with E-state index in [1.165, 1.54) is 11.3 Å². The lowest BCUT2D eigenvalue weighted by Crippen LogP contribution is -2.16. The van der Waals surface area contributed by atoms with Gasteiger partial charge in [0.15, 0.2) is 12.4 Å². The SMILES string of the molecule is O=C(Nc1ccccc1C(=O)OCc1nnnn1C1CC1)c1ccsc1. The molecule has 1 aliphatic carbocycles. The van der Waals surface area contributed by atoms with E-state index in [0.717, 1.165) is 12.8 Å². The van der Waals surface area contributed by atoms with E-state index in [-0.39, 0.29) is 18.1 Å². The summed E-state index contributed by atoms with van der Waals surface area (Å²) in [7, 11) is 0. The molecule has 0 bridgehead atoms. The standard InChI is InChI=1S/C17H15N5O3S/c23-16(11-7-8-26-10-11)18-14-4-2-1-3-13(14)17(24)25-9-15-19-20-21-22(15)12-5-6-12/h1-4,7-8,10,12H,5-6,9H2,(H,18,23). The van der Waals surface area contributed by atoms with Crippen LogP contribution in [0.2, 0.25) is 0 Å². The lowest BCUT2D eigenvalue weighted by atomic mass is 10.1. The molecule has 1 amide bonds. The number of rotatable bonds is 6. The van der Waals surface area contributed by atoms with E-state index >= 15 is 0 Å². The Morgan fingerprint density at radius 3 is 2.88 bits per heavy atom. The fourth-order valence-corrected chi connectivity index (χ4v) is 3.11. The second-order valence-electron chi connectivity index (χ2n) is 5.86. The molecule has 0 aliphatic heterocycles. The van der Waals surface area contributed by atoms with Crippen molar-refractivity contribution in [3.8, 4) is 0 Å². The van der Waals surface area contributed by atoms with Gasteiger partial charge < -0.3 is 10.1 Å². The number of benzene rings is 1. The number of esters is 1. The van der Waals surface area contributed by atoms with Crippen LogP contribution >= 0.6 is 11.3 Å². The third-order valence-electron chi connectivity index (χ3n) is 3.96. The lowest BCUT2D eigenvalue weighted by molar-refractivity contribution is 0.0457. The third kappa shape index (κ3) is 3.47. The van der Waals surface area contributed by atoms with E-state index in [9.17, 15) is 9.59 Å². The van der Waals surface area contributed by atoms with Gasteiger partial charge in [-0.05, 0) is 46.8 Å². The highest BCUT2D eigenvalue weighted by atomic mass is 32.1. The molecule has 0 spiro atoms. The fraction of sp³-hybridized carbons (Fsp3) is 0.235. The number of hydrogen-bond acceptors (Lipinski definition) is 7. The summed E-state index contributed by atoms with van der Waals surface area (Å²) in [5.41, 5.74) is 1.22. The highest BCUT2D eigenvalue weighted by Gasteiger charge is 2.28. The van der Waals surface area contributed by atoms with E-state index in [2.05, 4.69) is 20.8 Å². The van der Waals surface area contributed by atoms with E-state index in [1.807, 2.05) is 5.38 Å². The molecular weight excluding hydrogens is 354 g/mol. The van der Waals surface area contributed by atoms with E-state index in [0.29, 0.717) is 23.1 Å². The smallest absolute Gasteiger partial charge is 0.340 e. The van der Waals surface area contributed by atoms with Crippen molar-refractivity contribution in [2.24, 2.45) is 0 Å². The quantitative estimate of drug-likeness (QED) is 0.671. The largest absolute Gasteiger partial charge is 0.454 e. The molecule has 1 aliphatic rings. The lowest BCUT2D eigenvalue weighted by Gasteiger charge is -2.10. The Balaban J connectivity index is 1.45. The molecule has 1 aromatic carbocycles. The number of nitrogens with one attached hydrogen (secondary N) is 1. The minimum absolute atomic E-state index is 0.0187. The number of hydrogen-bond donors (Lipinski definition) is 1. The molecule has 1 saturated carbocycles.